The molecule has 0 unspecified atom stereocenters. The highest BCUT2D eigenvalue weighted by molar-refractivity contribution is 5.94. The number of hydrogen-bond donors (Lipinski definition) is 3. The van der Waals surface area contributed by atoms with Gasteiger partial charge in [0.1, 0.15) is 0 Å². The van der Waals surface area contributed by atoms with Gasteiger partial charge in [-0.1, -0.05) is 24.3 Å². The molecule has 124 valence electrons. The van der Waals surface area contributed by atoms with E-state index in [1.165, 1.54) is 6.07 Å². The Hall–Kier alpha value is -3.67. The first-order chi connectivity index (χ1) is 12.0. The first-order valence-electron chi connectivity index (χ1n) is 7.49. The van der Waals surface area contributed by atoms with Gasteiger partial charge in [-0.05, 0) is 41.5 Å². The normalized spacial score (nSPS) is 10.4. The number of aromatic amines is 1. The van der Waals surface area contributed by atoms with Crippen LogP contribution in [0.2, 0.25) is 0 Å². The fourth-order valence-corrected chi connectivity index (χ4v) is 2.56. The molecule has 0 atom stereocenters. The van der Waals surface area contributed by atoms with Gasteiger partial charge in [0.15, 0.2) is 0 Å². The van der Waals surface area contributed by atoms with Crippen LogP contribution in [0.25, 0.3) is 22.4 Å². The van der Waals surface area contributed by atoms with Gasteiger partial charge in [-0.15, -0.1) is 0 Å². The number of H-pyrrole nitrogens is 1. The van der Waals surface area contributed by atoms with Crippen molar-refractivity contribution in [2.75, 3.05) is 0 Å². The zero-order valence-corrected chi connectivity index (χ0v) is 13.2. The van der Waals surface area contributed by atoms with E-state index in [4.69, 9.17) is 11.5 Å². The number of amides is 2. The number of aromatic nitrogens is 1. The van der Waals surface area contributed by atoms with Gasteiger partial charge in [0.25, 0.3) is 0 Å². The minimum atomic E-state index is -0.518. The summed E-state index contributed by atoms with van der Waals surface area (Å²) in [5.41, 5.74) is 14.0. The first kappa shape index (κ1) is 16.2. The smallest absolute Gasteiger partial charge is 0.248 e. The lowest BCUT2D eigenvalue weighted by Gasteiger charge is -2.10. The third-order valence-electron chi connectivity index (χ3n) is 3.86. The van der Waals surface area contributed by atoms with Crippen molar-refractivity contribution in [3.63, 3.8) is 0 Å². The second-order valence-corrected chi connectivity index (χ2v) is 5.49. The zero-order chi connectivity index (χ0) is 18.0. The fourth-order valence-electron chi connectivity index (χ4n) is 2.56. The van der Waals surface area contributed by atoms with Crippen LogP contribution in [0.1, 0.15) is 20.7 Å². The van der Waals surface area contributed by atoms with Crippen LogP contribution >= 0.6 is 0 Å². The van der Waals surface area contributed by atoms with Crippen molar-refractivity contribution in [1.29, 1.82) is 0 Å². The Bertz CT molecular complexity index is 1000. The van der Waals surface area contributed by atoms with Gasteiger partial charge in [0, 0.05) is 22.8 Å². The number of hydrogen-bond acceptors (Lipinski definition) is 3. The summed E-state index contributed by atoms with van der Waals surface area (Å²) in [6.07, 6.45) is 0. The maximum absolute atomic E-state index is 11.8. The van der Waals surface area contributed by atoms with Crippen molar-refractivity contribution in [1.82, 2.24) is 4.98 Å². The number of nitrogens with one attached hydrogen (secondary N) is 1. The third-order valence-corrected chi connectivity index (χ3v) is 3.86. The minimum absolute atomic E-state index is 0.244. The molecule has 0 spiro atoms. The number of primary amides is 2. The van der Waals surface area contributed by atoms with E-state index in [0.717, 1.165) is 16.7 Å². The first-order valence-corrected chi connectivity index (χ1v) is 7.49. The molecule has 0 saturated carbocycles. The Balaban J connectivity index is 2.11. The molecule has 6 heteroatoms. The van der Waals surface area contributed by atoms with Crippen LogP contribution in [0.15, 0.2) is 65.5 Å². The van der Waals surface area contributed by atoms with Crippen molar-refractivity contribution in [3.8, 4) is 22.4 Å². The van der Waals surface area contributed by atoms with Crippen LogP contribution in [-0.2, 0) is 0 Å². The van der Waals surface area contributed by atoms with Gasteiger partial charge in [0.2, 0.25) is 17.4 Å². The summed E-state index contributed by atoms with van der Waals surface area (Å²) in [5, 5.41) is 0. The van der Waals surface area contributed by atoms with Crippen molar-refractivity contribution in [2.45, 2.75) is 0 Å². The second kappa shape index (κ2) is 6.45. The quantitative estimate of drug-likeness (QED) is 0.676. The van der Waals surface area contributed by atoms with E-state index in [1.54, 1.807) is 54.6 Å². The van der Waals surface area contributed by atoms with Gasteiger partial charge in [-0.25, -0.2) is 0 Å². The predicted octanol–water partition coefficient (Wildman–Crippen LogP) is 1.91. The summed E-state index contributed by atoms with van der Waals surface area (Å²) in [4.78, 5) is 37.0. The van der Waals surface area contributed by atoms with Gasteiger partial charge >= 0.3 is 0 Å². The maximum atomic E-state index is 11.8. The summed E-state index contributed by atoms with van der Waals surface area (Å²) in [6, 6.07) is 16.5. The molecule has 1 heterocycles. The van der Waals surface area contributed by atoms with E-state index in [0.29, 0.717) is 16.8 Å². The van der Waals surface area contributed by atoms with Crippen LogP contribution in [0.3, 0.4) is 0 Å². The summed E-state index contributed by atoms with van der Waals surface area (Å²) < 4.78 is 0. The van der Waals surface area contributed by atoms with Crippen LogP contribution < -0.4 is 17.0 Å². The van der Waals surface area contributed by atoms with Crippen molar-refractivity contribution >= 4 is 11.8 Å². The highest BCUT2D eigenvalue weighted by atomic mass is 16.1. The second-order valence-electron chi connectivity index (χ2n) is 5.49. The molecule has 3 rings (SSSR count). The molecule has 1 aromatic heterocycles. The van der Waals surface area contributed by atoms with Gasteiger partial charge in [-0.3, -0.25) is 14.4 Å². The standard InChI is InChI=1S/C19H15N3O3/c20-18(24)13-5-1-11(2-6-13)15-9-10-16(23)22-17(15)12-3-7-14(8-4-12)19(21)25/h1-10H,(H2,20,24)(H2,21,25)(H,22,23). The van der Waals surface area contributed by atoms with Crippen molar-refractivity contribution < 1.29 is 9.59 Å². The molecule has 3 aromatic rings. The molecule has 2 aromatic carbocycles. The molecule has 5 N–H and O–H groups in total. The van der Waals surface area contributed by atoms with E-state index < -0.39 is 11.8 Å². The van der Waals surface area contributed by atoms with E-state index in [-0.39, 0.29) is 5.56 Å². The molecule has 2 amide bonds. The Morgan fingerprint density at radius 3 is 1.64 bits per heavy atom. The average molecular weight is 333 g/mol. The van der Waals surface area contributed by atoms with E-state index >= 15 is 0 Å². The molecule has 0 saturated heterocycles. The van der Waals surface area contributed by atoms with Gasteiger partial charge in [-0.2, -0.15) is 0 Å². The molecule has 0 fully saturated rings. The predicted molar refractivity (Wildman–Crippen MR) is 95.0 cm³/mol. The lowest BCUT2D eigenvalue weighted by molar-refractivity contribution is 0.0992. The number of benzene rings is 2. The largest absolute Gasteiger partial charge is 0.366 e. The summed E-state index contributed by atoms with van der Waals surface area (Å²) >= 11 is 0. The number of pyridine rings is 1. The SMILES string of the molecule is NC(=O)c1ccc(-c2ccc(=O)[nH]c2-c2ccc(C(N)=O)cc2)cc1. The Kier molecular flexibility index (Phi) is 4.18. The summed E-state index contributed by atoms with van der Waals surface area (Å²) in [6.45, 7) is 0. The van der Waals surface area contributed by atoms with Gasteiger partial charge in [0.05, 0.1) is 5.69 Å². The highest BCUT2D eigenvalue weighted by Gasteiger charge is 2.10. The van der Waals surface area contributed by atoms with E-state index in [1.807, 2.05) is 0 Å². The molecule has 25 heavy (non-hydrogen) atoms. The van der Waals surface area contributed by atoms with Crippen LogP contribution in [0.5, 0.6) is 0 Å². The molecule has 0 bridgehead atoms. The molecule has 6 nitrogen and oxygen atoms in total. The number of rotatable bonds is 4. The van der Waals surface area contributed by atoms with Crippen molar-refractivity contribution in [2.24, 2.45) is 11.5 Å². The van der Waals surface area contributed by atoms with Crippen molar-refractivity contribution in [3.05, 3.63) is 82.1 Å². The van der Waals surface area contributed by atoms with Gasteiger partial charge < -0.3 is 16.5 Å². The third kappa shape index (κ3) is 3.32. The molecule has 0 aliphatic carbocycles. The lowest BCUT2D eigenvalue weighted by Crippen LogP contribution is -2.11. The molecule has 0 aliphatic rings. The Labute approximate surface area is 143 Å². The zero-order valence-electron chi connectivity index (χ0n) is 13.2. The Morgan fingerprint density at radius 2 is 1.16 bits per heavy atom. The number of carbonyl (C=O) groups excluding carboxylic acids is 2. The van der Waals surface area contributed by atoms with Crippen LogP contribution in [0.4, 0.5) is 0 Å². The number of carbonyl (C=O) groups is 2. The van der Waals surface area contributed by atoms with Crippen LogP contribution in [0, 0.1) is 0 Å². The molecule has 0 aliphatic heterocycles. The summed E-state index contributed by atoms with van der Waals surface area (Å²) in [5.74, 6) is -1.02. The fraction of sp³-hybridized carbons (Fsp3) is 0. The average Bonchev–Trinajstić information content (AvgIpc) is 2.62. The summed E-state index contributed by atoms with van der Waals surface area (Å²) in [7, 11) is 0. The molecule has 0 radical (unpaired) electrons. The maximum Gasteiger partial charge on any atom is 0.248 e. The number of nitrogens with two attached hydrogens (primary N) is 2. The lowest BCUT2D eigenvalue weighted by atomic mass is 9.98. The molecular formula is C19H15N3O3. The molecular weight excluding hydrogens is 318 g/mol. The minimum Gasteiger partial charge on any atom is -0.366 e. The topological polar surface area (TPSA) is 119 Å². The Morgan fingerprint density at radius 1 is 0.680 bits per heavy atom. The van der Waals surface area contributed by atoms with Crippen LogP contribution in [-0.4, -0.2) is 16.8 Å². The van der Waals surface area contributed by atoms with E-state index in [2.05, 4.69) is 4.98 Å². The monoisotopic (exact) mass is 333 g/mol. The highest BCUT2D eigenvalue weighted by Crippen LogP contribution is 2.29. The van der Waals surface area contributed by atoms with E-state index in [9.17, 15) is 14.4 Å².